The Labute approximate surface area is 152 Å². The van der Waals surface area contributed by atoms with E-state index < -0.39 is 10.0 Å². The first kappa shape index (κ1) is 19.1. The third-order valence-electron chi connectivity index (χ3n) is 3.49. The molecule has 25 heavy (non-hydrogen) atoms. The maximum absolute atomic E-state index is 12.0. The number of sulfonamides is 1. The Kier molecular flexibility index (Phi) is 5.92. The summed E-state index contributed by atoms with van der Waals surface area (Å²) in [5.41, 5.74) is 1.79. The highest BCUT2D eigenvalue weighted by Crippen LogP contribution is 2.22. The Balaban J connectivity index is 1.99. The van der Waals surface area contributed by atoms with Crippen molar-refractivity contribution in [1.82, 2.24) is 0 Å². The van der Waals surface area contributed by atoms with Gasteiger partial charge in [-0.2, -0.15) is 0 Å². The number of carbonyl (C=O) groups excluding carboxylic acids is 1. The number of benzene rings is 2. The molecule has 0 fully saturated rings. The molecule has 0 bridgehead atoms. The number of aryl methyl sites for hydroxylation is 1. The number of hydrogen-bond acceptors (Lipinski definition) is 4. The van der Waals surface area contributed by atoms with Crippen LogP contribution in [0.25, 0.3) is 0 Å². The molecular formula is C17H19ClN2O4S. The molecule has 0 heterocycles. The second kappa shape index (κ2) is 7.76. The van der Waals surface area contributed by atoms with Gasteiger partial charge >= 0.3 is 0 Å². The van der Waals surface area contributed by atoms with E-state index in [1.54, 1.807) is 42.5 Å². The smallest absolute Gasteiger partial charge is 0.262 e. The summed E-state index contributed by atoms with van der Waals surface area (Å²) < 4.78 is 29.7. The van der Waals surface area contributed by atoms with Gasteiger partial charge in [-0.05, 0) is 48.9 Å². The first-order valence-corrected chi connectivity index (χ1v) is 9.62. The number of anilines is 2. The molecule has 6 nitrogen and oxygen atoms in total. The van der Waals surface area contributed by atoms with E-state index in [1.807, 2.05) is 6.92 Å². The summed E-state index contributed by atoms with van der Waals surface area (Å²) in [4.78, 5) is 12.0. The zero-order valence-electron chi connectivity index (χ0n) is 14.1. The molecule has 0 radical (unpaired) electrons. The van der Waals surface area contributed by atoms with Crippen molar-refractivity contribution >= 4 is 38.9 Å². The number of hydrogen-bond donors (Lipinski definition) is 1. The van der Waals surface area contributed by atoms with Crippen LogP contribution in [0.15, 0.2) is 42.5 Å². The fourth-order valence-electron chi connectivity index (χ4n) is 2.02. The van der Waals surface area contributed by atoms with Crippen LogP contribution in [0, 0.1) is 6.92 Å². The van der Waals surface area contributed by atoms with Crippen molar-refractivity contribution in [3.63, 3.8) is 0 Å². The number of halogens is 1. The van der Waals surface area contributed by atoms with Crippen molar-refractivity contribution in [2.24, 2.45) is 0 Å². The van der Waals surface area contributed by atoms with E-state index in [9.17, 15) is 13.2 Å². The SMILES string of the molecule is Cc1cc(OCC(=O)Nc2cccc(N(C)S(C)(=O)=O)c2)ccc1Cl. The Hall–Kier alpha value is -2.25. The Bertz CT molecular complexity index is 884. The number of ether oxygens (including phenoxy) is 1. The second-order valence-corrected chi connectivity index (χ2v) is 7.95. The van der Waals surface area contributed by atoms with E-state index in [2.05, 4.69) is 5.32 Å². The van der Waals surface area contributed by atoms with Gasteiger partial charge in [0, 0.05) is 17.8 Å². The van der Waals surface area contributed by atoms with Gasteiger partial charge in [0.2, 0.25) is 10.0 Å². The summed E-state index contributed by atoms with van der Waals surface area (Å²) in [6.45, 7) is 1.67. The normalized spacial score (nSPS) is 11.0. The lowest BCUT2D eigenvalue weighted by atomic mass is 10.2. The fraction of sp³-hybridized carbons (Fsp3) is 0.235. The fourth-order valence-corrected chi connectivity index (χ4v) is 2.64. The first-order chi connectivity index (χ1) is 11.7. The summed E-state index contributed by atoms with van der Waals surface area (Å²) >= 11 is 5.94. The lowest BCUT2D eigenvalue weighted by Gasteiger charge is -2.17. The highest BCUT2D eigenvalue weighted by molar-refractivity contribution is 7.92. The third kappa shape index (κ3) is 5.37. The van der Waals surface area contributed by atoms with Gasteiger partial charge < -0.3 is 10.1 Å². The molecule has 0 unspecified atom stereocenters. The van der Waals surface area contributed by atoms with Crippen LogP contribution in [0.1, 0.15) is 5.56 Å². The molecule has 134 valence electrons. The number of rotatable bonds is 6. The molecule has 0 aliphatic rings. The molecule has 8 heteroatoms. The minimum Gasteiger partial charge on any atom is -0.484 e. The number of amides is 1. The number of nitrogens with one attached hydrogen (secondary N) is 1. The molecule has 0 atom stereocenters. The van der Waals surface area contributed by atoms with Gasteiger partial charge in [-0.3, -0.25) is 9.10 Å². The molecule has 0 aliphatic carbocycles. The molecule has 0 saturated heterocycles. The summed E-state index contributed by atoms with van der Waals surface area (Å²) in [7, 11) is -1.92. The monoisotopic (exact) mass is 382 g/mol. The van der Waals surface area contributed by atoms with Crippen LogP contribution in [-0.2, 0) is 14.8 Å². The van der Waals surface area contributed by atoms with Crippen molar-refractivity contribution < 1.29 is 17.9 Å². The predicted octanol–water partition coefficient (Wildman–Crippen LogP) is 3.06. The quantitative estimate of drug-likeness (QED) is 0.833. The number of nitrogens with zero attached hydrogens (tertiary/aromatic N) is 1. The van der Waals surface area contributed by atoms with Crippen molar-refractivity contribution in [3.8, 4) is 5.75 Å². The van der Waals surface area contributed by atoms with Crippen molar-refractivity contribution in [3.05, 3.63) is 53.1 Å². The number of carbonyl (C=O) groups is 1. The topological polar surface area (TPSA) is 75.7 Å². The van der Waals surface area contributed by atoms with E-state index in [1.165, 1.54) is 7.05 Å². The van der Waals surface area contributed by atoms with Gasteiger partial charge in [-0.15, -0.1) is 0 Å². The summed E-state index contributed by atoms with van der Waals surface area (Å²) in [5, 5.41) is 3.30. The molecule has 0 aromatic heterocycles. The van der Waals surface area contributed by atoms with Crippen LogP contribution in [0.5, 0.6) is 5.75 Å². The molecule has 2 aromatic rings. The van der Waals surface area contributed by atoms with Gasteiger partial charge in [0.1, 0.15) is 5.75 Å². The van der Waals surface area contributed by atoms with Crippen LogP contribution >= 0.6 is 11.6 Å². The van der Waals surface area contributed by atoms with Crippen molar-refractivity contribution in [2.45, 2.75) is 6.92 Å². The minimum atomic E-state index is -3.37. The van der Waals surface area contributed by atoms with E-state index in [0.29, 0.717) is 22.1 Å². The van der Waals surface area contributed by atoms with E-state index in [0.717, 1.165) is 16.1 Å². The van der Waals surface area contributed by atoms with Crippen LogP contribution in [0.2, 0.25) is 5.02 Å². The molecule has 2 aromatic carbocycles. The van der Waals surface area contributed by atoms with E-state index in [-0.39, 0.29) is 12.5 Å². The zero-order valence-corrected chi connectivity index (χ0v) is 15.7. The molecule has 0 spiro atoms. The summed E-state index contributed by atoms with van der Waals surface area (Å²) in [5.74, 6) is 0.189. The van der Waals surface area contributed by atoms with Gasteiger partial charge in [0.05, 0.1) is 11.9 Å². The average Bonchev–Trinajstić information content (AvgIpc) is 2.54. The lowest BCUT2D eigenvalue weighted by molar-refractivity contribution is -0.118. The van der Waals surface area contributed by atoms with Crippen molar-refractivity contribution in [2.75, 3.05) is 29.5 Å². The van der Waals surface area contributed by atoms with Crippen LogP contribution < -0.4 is 14.4 Å². The molecule has 0 saturated carbocycles. The van der Waals surface area contributed by atoms with E-state index >= 15 is 0 Å². The highest BCUT2D eigenvalue weighted by Gasteiger charge is 2.13. The Morgan fingerprint density at radius 2 is 1.96 bits per heavy atom. The van der Waals surface area contributed by atoms with Crippen LogP contribution in [0.3, 0.4) is 0 Å². The van der Waals surface area contributed by atoms with Crippen molar-refractivity contribution in [1.29, 1.82) is 0 Å². The molecule has 0 aliphatic heterocycles. The Morgan fingerprint density at radius 1 is 1.24 bits per heavy atom. The standard InChI is InChI=1S/C17H19ClN2O4S/c1-12-9-15(7-8-16(12)18)24-11-17(21)19-13-5-4-6-14(10-13)20(2)25(3,22)23/h4-10H,11H2,1-3H3,(H,19,21). The largest absolute Gasteiger partial charge is 0.484 e. The molecule has 2 rings (SSSR count). The lowest BCUT2D eigenvalue weighted by Crippen LogP contribution is -2.25. The highest BCUT2D eigenvalue weighted by atomic mass is 35.5. The van der Waals surface area contributed by atoms with Crippen LogP contribution in [0.4, 0.5) is 11.4 Å². The maximum Gasteiger partial charge on any atom is 0.262 e. The van der Waals surface area contributed by atoms with Gasteiger partial charge in [0.25, 0.3) is 5.91 Å². The molecule has 1 N–H and O–H groups in total. The maximum atomic E-state index is 12.0. The average molecular weight is 383 g/mol. The first-order valence-electron chi connectivity index (χ1n) is 7.39. The van der Waals surface area contributed by atoms with Crippen LogP contribution in [-0.4, -0.2) is 34.2 Å². The molecule has 1 amide bonds. The molecular weight excluding hydrogens is 364 g/mol. The van der Waals surface area contributed by atoms with E-state index in [4.69, 9.17) is 16.3 Å². The van der Waals surface area contributed by atoms with Gasteiger partial charge in [-0.25, -0.2) is 8.42 Å². The minimum absolute atomic E-state index is 0.173. The summed E-state index contributed by atoms with van der Waals surface area (Å²) in [6.07, 6.45) is 1.11. The zero-order chi connectivity index (χ0) is 18.6. The van der Waals surface area contributed by atoms with Gasteiger partial charge in [0.15, 0.2) is 6.61 Å². The Morgan fingerprint density at radius 3 is 2.60 bits per heavy atom. The summed E-state index contributed by atoms with van der Waals surface area (Å²) in [6, 6.07) is 11.7. The predicted molar refractivity (Wildman–Crippen MR) is 100 cm³/mol. The van der Waals surface area contributed by atoms with Gasteiger partial charge in [-0.1, -0.05) is 17.7 Å². The second-order valence-electron chi connectivity index (χ2n) is 5.53. The third-order valence-corrected chi connectivity index (χ3v) is 5.12.